The van der Waals surface area contributed by atoms with E-state index < -0.39 is 11.4 Å². The van der Waals surface area contributed by atoms with E-state index in [-0.39, 0.29) is 10.8 Å². The van der Waals surface area contributed by atoms with Gasteiger partial charge in [0.2, 0.25) is 0 Å². The minimum atomic E-state index is -1.15. The van der Waals surface area contributed by atoms with Crippen LogP contribution in [0.15, 0.2) is 18.5 Å². The van der Waals surface area contributed by atoms with Gasteiger partial charge in [-0.15, -0.1) is 4.72 Å². The van der Waals surface area contributed by atoms with Gasteiger partial charge in [-0.2, -0.15) is 0 Å². The molecule has 0 aliphatic carbocycles. The molecule has 22 heavy (non-hydrogen) atoms. The monoisotopic (exact) mass is 339 g/mol. The standard InChI is InChI=1S/C16H22ClN3OS/c1-6-14(20-22(21)16(3,4)5)13-9-18-10(2)12-8-19-15(17)7-11(12)13/h7-9,14,20H,6H2,1-5H3/t14-,22?/m0/s1. The molecule has 0 radical (unpaired) electrons. The van der Waals surface area contributed by atoms with E-state index in [4.69, 9.17) is 11.6 Å². The Labute approximate surface area is 140 Å². The molecule has 2 atom stereocenters. The van der Waals surface area contributed by atoms with E-state index in [1.165, 1.54) is 0 Å². The van der Waals surface area contributed by atoms with E-state index in [0.717, 1.165) is 28.5 Å². The molecule has 2 aromatic rings. The van der Waals surface area contributed by atoms with Crippen molar-refractivity contribution >= 4 is 33.7 Å². The zero-order valence-corrected chi connectivity index (χ0v) is 15.2. The maximum absolute atomic E-state index is 12.4. The topological polar surface area (TPSA) is 60.9 Å². The first-order chi connectivity index (χ1) is 10.2. The minimum absolute atomic E-state index is 0.0471. The maximum atomic E-state index is 12.4. The molecule has 0 aliphatic rings. The minimum Gasteiger partial charge on any atom is -0.598 e. The van der Waals surface area contributed by atoms with Gasteiger partial charge in [-0.1, -0.05) is 18.5 Å². The summed E-state index contributed by atoms with van der Waals surface area (Å²) in [7, 11) is 0. The molecule has 0 fully saturated rings. The second kappa shape index (κ2) is 6.71. The van der Waals surface area contributed by atoms with Gasteiger partial charge in [-0.3, -0.25) is 4.98 Å². The Hall–Kier alpha value is -0.880. The highest BCUT2D eigenvalue weighted by Gasteiger charge is 2.30. The Morgan fingerprint density at radius 3 is 2.55 bits per heavy atom. The molecule has 0 bridgehead atoms. The normalized spacial score (nSPS) is 15.0. The number of aromatic nitrogens is 2. The summed E-state index contributed by atoms with van der Waals surface area (Å²) in [6.45, 7) is 9.87. The molecule has 2 aromatic heterocycles. The Balaban J connectivity index is 2.47. The summed E-state index contributed by atoms with van der Waals surface area (Å²) >= 11 is 4.91. The van der Waals surface area contributed by atoms with Crippen LogP contribution < -0.4 is 4.72 Å². The van der Waals surface area contributed by atoms with E-state index in [9.17, 15) is 4.55 Å². The fourth-order valence-corrected chi connectivity index (χ4v) is 3.28. The number of fused-ring (bicyclic) bond motifs is 1. The Bertz CT molecular complexity index is 672. The van der Waals surface area contributed by atoms with Crippen LogP contribution in [-0.2, 0) is 11.4 Å². The summed E-state index contributed by atoms with van der Waals surface area (Å²) in [6.07, 6.45) is 4.40. The van der Waals surface area contributed by atoms with Crippen LogP contribution in [0.5, 0.6) is 0 Å². The first-order valence-electron chi connectivity index (χ1n) is 7.32. The summed E-state index contributed by atoms with van der Waals surface area (Å²) < 4.78 is 15.3. The number of halogens is 1. The van der Waals surface area contributed by atoms with Crippen LogP contribution in [0.1, 0.15) is 51.4 Å². The van der Waals surface area contributed by atoms with Gasteiger partial charge in [-0.05, 0) is 51.1 Å². The molecule has 0 aromatic carbocycles. The summed E-state index contributed by atoms with van der Waals surface area (Å²) in [6, 6.07) is 1.81. The molecule has 4 nitrogen and oxygen atoms in total. The SMILES string of the molecule is CC[C@H](N[S+]([O-])C(C)(C)C)c1cnc(C)c2cnc(Cl)cc12. The quantitative estimate of drug-likeness (QED) is 0.673. The van der Waals surface area contributed by atoms with Gasteiger partial charge in [0.25, 0.3) is 0 Å². The molecule has 6 heteroatoms. The van der Waals surface area contributed by atoms with Crippen LogP contribution in [0, 0.1) is 6.92 Å². The van der Waals surface area contributed by atoms with Crippen molar-refractivity contribution in [2.45, 2.75) is 51.8 Å². The maximum Gasteiger partial charge on any atom is 0.136 e. The van der Waals surface area contributed by atoms with E-state index in [1.54, 1.807) is 6.20 Å². The average molecular weight is 340 g/mol. The molecule has 0 spiro atoms. The van der Waals surface area contributed by atoms with Gasteiger partial charge in [0.1, 0.15) is 9.90 Å². The summed E-state index contributed by atoms with van der Waals surface area (Å²) in [5, 5.41) is 2.44. The summed E-state index contributed by atoms with van der Waals surface area (Å²) in [5.41, 5.74) is 1.92. The number of hydrogen-bond acceptors (Lipinski definition) is 4. The van der Waals surface area contributed by atoms with Crippen LogP contribution >= 0.6 is 11.6 Å². The van der Waals surface area contributed by atoms with Gasteiger partial charge < -0.3 is 4.55 Å². The van der Waals surface area contributed by atoms with E-state index >= 15 is 0 Å². The number of nitrogens with one attached hydrogen (secondary N) is 1. The van der Waals surface area contributed by atoms with E-state index in [0.29, 0.717) is 5.15 Å². The third kappa shape index (κ3) is 3.71. The van der Waals surface area contributed by atoms with Crippen molar-refractivity contribution in [3.63, 3.8) is 0 Å². The first kappa shape index (κ1) is 17.5. The van der Waals surface area contributed by atoms with Crippen LogP contribution in [0.3, 0.4) is 0 Å². The van der Waals surface area contributed by atoms with Crippen LogP contribution in [-0.4, -0.2) is 19.3 Å². The summed E-state index contributed by atoms with van der Waals surface area (Å²) in [5.74, 6) is 0. The second-order valence-electron chi connectivity index (χ2n) is 6.31. The van der Waals surface area contributed by atoms with Crippen molar-refractivity contribution in [3.05, 3.63) is 34.9 Å². The molecule has 1 N–H and O–H groups in total. The Kier molecular flexibility index (Phi) is 5.33. The average Bonchev–Trinajstić information content (AvgIpc) is 2.44. The van der Waals surface area contributed by atoms with Gasteiger partial charge in [0.15, 0.2) is 0 Å². The molecular weight excluding hydrogens is 318 g/mol. The largest absolute Gasteiger partial charge is 0.598 e. The zero-order valence-electron chi connectivity index (χ0n) is 13.6. The highest BCUT2D eigenvalue weighted by Crippen LogP contribution is 2.30. The third-order valence-electron chi connectivity index (χ3n) is 3.56. The van der Waals surface area contributed by atoms with Crippen molar-refractivity contribution in [1.82, 2.24) is 14.7 Å². The number of nitrogens with zero attached hydrogens (tertiary/aromatic N) is 2. The molecule has 120 valence electrons. The second-order valence-corrected chi connectivity index (χ2v) is 8.70. The molecule has 0 saturated carbocycles. The van der Waals surface area contributed by atoms with Gasteiger partial charge in [-0.25, -0.2) is 4.98 Å². The molecule has 0 amide bonds. The number of aryl methyl sites for hydroxylation is 1. The predicted octanol–water partition coefficient (Wildman–Crippen LogP) is 4.09. The molecule has 0 aliphatic heterocycles. The zero-order chi connectivity index (χ0) is 16.5. The van der Waals surface area contributed by atoms with E-state index in [2.05, 4.69) is 21.6 Å². The first-order valence-corrected chi connectivity index (χ1v) is 8.85. The number of pyridine rings is 2. The highest BCUT2D eigenvalue weighted by atomic mass is 35.5. The third-order valence-corrected chi connectivity index (χ3v) is 5.38. The number of hydrogen-bond donors (Lipinski definition) is 1. The molecule has 1 unspecified atom stereocenters. The fourth-order valence-electron chi connectivity index (χ4n) is 2.21. The highest BCUT2D eigenvalue weighted by molar-refractivity contribution is 7.90. The van der Waals surface area contributed by atoms with Crippen molar-refractivity contribution < 1.29 is 4.55 Å². The lowest BCUT2D eigenvalue weighted by atomic mass is 10.0. The summed E-state index contributed by atoms with van der Waals surface area (Å²) in [4.78, 5) is 8.59. The van der Waals surface area contributed by atoms with Crippen molar-refractivity contribution in [2.24, 2.45) is 0 Å². The molecule has 2 rings (SSSR count). The molecule has 0 saturated heterocycles. The smallest absolute Gasteiger partial charge is 0.136 e. The van der Waals surface area contributed by atoms with Crippen molar-refractivity contribution in [1.29, 1.82) is 0 Å². The van der Waals surface area contributed by atoms with Gasteiger partial charge in [0, 0.05) is 34.8 Å². The lowest BCUT2D eigenvalue weighted by Gasteiger charge is -2.28. The molecule has 2 heterocycles. The number of rotatable bonds is 4. The van der Waals surface area contributed by atoms with Crippen LogP contribution in [0.2, 0.25) is 5.15 Å². The fraction of sp³-hybridized carbons (Fsp3) is 0.500. The van der Waals surface area contributed by atoms with E-state index in [1.807, 2.05) is 40.0 Å². The van der Waals surface area contributed by atoms with Crippen LogP contribution in [0.4, 0.5) is 0 Å². The van der Waals surface area contributed by atoms with Crippen LogP contribution in [0.25, 0.3) is 10.8 Å². The van der Waals surface area contributed by atoms with Gasteiger partial charge >= 0.3 is 0 Å². The lowest BCUT2D eigenvalue weighted by molar-refractivity contribution is 0.519. The van der Waals surface area contributed by atoms with Gasteiger partial charge in [0.05, 0.1) is 6.04 Å². The molecular formula is C16H22ClN3OS. The Morgan fingerprint density at radius 2 is 1.95 bits per heavy atom. The van der Waals surface area contributed by atoms with Crippen molar-refractivity contribution in [3.8, 4) is 0 Å². The Morgan fingerprint density at radius 1 is 1.27 bits per heavy atom. The lowest BCUT2D eigenvalue weighted by Crippen LogP contribution is -2.41. The predicted molar refractivity (Wildman–Crippen MR) is 93.3 cm³/mol. The van der Waals surface area contributed by atoms with Crippen molar-refractivity contribution in [2.75, 3.05) is 0 Å².